The van der Waals surface area contributed by atoms with Gasteiger partial charge < -0.3 is 4.90 Å². The lowest BCUT2D eigenvalue weighted by Crippen LogP contribution is -2.33. The molecule has 0 aliphatic carbocycles. The third-order valence-electron chi connectivity index (χ3n) is 3.36. The predicted molar refractivity (Wildman–Crippen MR) is 89.4 cm³/mol. The molecule has 1 aromatic heterocycles. The summed E-state index contributed by atoms with van der Waals surface area (Å²) in [5, 5.41) is 0. The molecule has 1 aromatic rings. The Kier molecular flexibility index (Phi) is 10.0. The highest BCUT2D eigenvalue weighted by atomic mass is 15.2. The molecule has 0 spiro atoms. The van der Waals surface area contributed by atoms with Gasteiger partial charge in [-0.15, -0.1) is 0 Å². The van der Waals surface area contributed by atoms with E-state index >= 15 is 0 Å². The van der Waals surface area contributed by atoms with E-state index < -0.39 is 0 Å². The number of hydrogen-bond donors (Lipinski definition) is 0. The zero-order valence-electron chi connectivity index (χ0n) is 14.5. The van der Waals surface area contributed by atoms with Gasteiger partial charge in [-0.3, -0.25) is 4.98 Å². The minimum atomic E-state index is 0.461. The molecule has 0 amide bonds. The first-order chi connectivity index (χ1) is 9.66. The van der Waals surface area contributed by atoms with Crippen molar-refractivity contribution in [3.8, 4) is 0 Å². The summed E-state index contributed by atoms with van der Waals surface area (Å²) in [7, 11) is 0. The topological polar surface area (TPSA) is 29.0 Å². The molecular weight excluding hydrogens is 246 g/mol. The molecule has 20 heavy (non-hydrogen) atoms. The molecule has 0 aromatic carbocycles. The Labute approximate surface area is 125 Å². The summed E-state index contributed by atoms with van der Waals surface area (Å²) in [6, 6.07) is 0. The van der Waals surface area contributed by atoms with E-state index in [-0.39, 0.29) is 0 Å². The average Bonchev–Trinajstić information content (AvgIpc) is 2.52. The Balaban J connectivity index is 0.000000829. The van der Waals surface area contributed by atoms with E-state index in [1.54, 1.807) is 0 Å². The zero-order valence-corrected chi connectivity index (χ0v) is 14.5. The minimum Gasteiger partial charge on any atom is -0.355 e. The monoisotopic (exact) mass is 279 g/mol. The number of nitrogens with zero attached hydrogens (tertiary/aromatic N) is 3. The van der Waals surface area contributed by atoms with Crippen LogP contribution in [-0.4, -0.2) is 23.1 Å². The minimum absolute atomic E-state index is 0.461. The maximum atomic E-state index is 4.51. The summed E-state index contributed by atoms with van der Waals surface area (Å²) in [6.07, 6.45) is 6.38. The first kappa shape index (κ1) is 18.9. The summed E-state index contributed by atoms with van der Waals surface area (Å²) in [5.74, 6) is 2.36. The highest BCUT2D eigenvalue weighted by Crippen LogP contribution is 2.21. The Bertz CT molecular complexity index is 325. The van der Waals surface area contributed by atoms with Gasteiger partial charge in [0.2, 0.25) is 0 Å². The third-order valence-corrected chi connectivity index (χ3v) is 3.36. The molecule has 2 rings (SSSR count). The standard InChI is InChI=1S/C13H21N3.2C2H6/c1-10(2)12-8-15-13(9-14-12)16-6-4-11(3)5-7-16;2*1-2/h8-11H,4-7H2,1-3H3;2*1-2H3. The van der Waals surface area contributed by atoms with E-state index in [2.05, 4.69) is 35.6 Å². The second kappa shape index (κ2) is 10.6. The Morgan fingerprint density at radius 2 is 1.55 bits per heavy atom. The lowest BCUT2D eigenvalue weighted by atomic mass is 9.99. The van der Waals surface area contributed by atoms with Gasteiger partial charge in [0.25, 0.3) is 0 Å². The quantitative estimate of drug-likeness (QED) is 0.772. The first-order valence-electron chi connectivity index (χ1n) is 8.23. The molecule has 3 heteroatoms. The van der Waals surface area contributed by atoms with Crippen molar-refractivity contribution < 1.29 is 0 Å². The van der Waals surface area contributed by atoms with Crippen LogP contribution in [0.5, 0.6) is 0 Å². The highest BCUT2D eigenvalue weighted by Gasteiger charge is 2.17. The largest absolute Gasteiger partial charge is 0.355 e. The van der Waals surface area contributed by atoms with Crippen LogP contribution in [0.25, 0.3) is 0 Å². The molecule has 3 nitrogen and oxygen atoms in total. The van der Waals surface area contributed by atoms with Gasteiger partial charge in [0.1, 0.15) is 5.82 Å². The summed E-state index contributed by atoms with van der Waals surface area (Å²) < 4.78 is 0. The van der Waals surface area contributed by atoms with Crippen molar-refractivity contribution in [3.05, 3.63) is 18.1 Å². The molecular formula is C17H33N3. The maximum Gasteiger partial charge on any atom is 0.147 e. The molecule has 0 unspecified atom stereocenters. The number of aromatic nitrogens is 2. The van der Waals surface area contributed by atoms with Gasteiger partial charge in [0, 0.05) is 13.1 Å². The maximum absolute atomic E-state index is 4.51. The van der Waals surface area contributed by atoms with E-state index in [0.29, 0.717) is 5.92 Å². The molecule has 0 radical (unpaired) electrons. The van der Waals surface area contributed by atoms with Crippen molar-refractivity contribution in [3.63, 3.8) is 0 Å². The molecule has 2 heterocycles. The van der Waals surface area contributed by atoms with E-state index in [9.17, 15) is 0 Å². The lowest BCUT2D eigenvalue weighted by molar-refractivity contribution is 0.436. The van der Waals surface area contributed by atoms with Crippen LogP contribution < -0.4 is 4.90 Å². The summed E-state index contributed by atoms with van der Waals surface area (Å²) in [5.41, 5.74) is 1.08. The van der Waals surface area contributed by atoms with Crippen molar-refractivity contribution in [2.24, 2.45) is 5.92 Å². The Morgan fingerprint density at radius 3 is 1.95 bits per heavy atom. The fourth-order valence-corrected chi connectivity index (χ4v) is 2.03. The molecule has 116 valence electrons. The van der Waals surface area contributed by atoms with Crippen molar-refractivity contribution in [2.75, 3.05) is 18.0 Å². The fourth-order valence-electron chi connectivity index (χ4n) is 2.03. The molecule has 1 aliphatic heterocycles. The molecule has 0 saturated carbocycles. The van der Waals surface area contributed by atoms with Gasteiger partial charge in [-0.25, -0.2) is 4.98 Å². The van der Waals surface area contributed by atoms with Crippen LogP contribution in [0.3, 0.4) is 0 Å². The SMILES string of the molecule is CC.CC.CC1CCN(c2cnc(C(C)C)cn2)CC1. The van der Waals surface area contributed by atoms with Crippen molar-refractivity contribution in [1.29, 1.82) is 0 Å². The summed E-state index contributed by atoms with van der Waals surface area (Å²) in [4.78, 5) is 11.3. The fraction of sp³-hybridized carbons (Fsp3) is 0.765. The van der Waals surface area contributed by atoms with Crippen LogP contribution in [0.15, 0.2) is 12.4 Å². The third kappa shape index (κ3) is 5.89. The molecule has 1 fully saturated rings. The molecule has 1 saturated heterocycles. The van der Waals surface area contributed by atoms with Gasteiger partial charge in [-0.05, 0) is 24.7 Å². The Morgan fingerprint density at radius 1 is 1.00 bits per heavy atom. The van der Waals surface area contributed by atoms with Gasteiger partial charge in [0.15, 0.2) is 0 Å². The van der Waals surface area contributed by atoms with Gasteiger partial charge in [0.05, 0.1) is 18.1 Å². The van der Waals surface area contributed by atoms with Crippen molar-refractivity contribution >= 4 is 5.82 Å². The van der Waals surface area contributed by atoms with E-state index in [1.807, 2.05) is 40.1 Å². The van der Waals surface area contributed by atoms with E-state index in [4.69, 9.17) is 0 Å². The predicted octanol–water partition coefficient (Wildman–Crippen LogP) is 4.89. The van der Waals surface area contributed by atoms with Crippen molar-refractivity contribution in [1.82, 2.24) is 9.97 Å². The average molecular weight is 279 g/mol. The van der Waals surface area contributed by atoms with Crippen LogP contribution in [0.1, 0.15) is 72.9 Å². The van der Waals surface area contributed by atoms with Crippen LogP contribution >= 0.6 is 0 Å². The first-order valence-corrected chi connectivity index (χ1v) is 8.23. The number of hydrogen-bond acceptors (Lipinski definition) is 3. The summed E-state index contributed by atoms with van der Waals surface area (Å²) in [6.45, 7) is 16.9. The van der Waals surface area contributed by atoms with E-state index in [0.717, 1.165) is 30.5 Å². The second-order valence-electron chi connectivity index (χ2n) is 5.12. The summed E-state index contributed by atoms with van der Waals surface area (Å²) >= 11 is 0. The van der Waals surface area contributed by atoms with Crippen molar-refractivity contribution in [2.45, 2.75) is 67.2 Å². The number of piperidine rings is 1. The zero-order chi connectivity index (χ0) is 15.5. The van der Waals surface area contributed by atoms with E-state index in [1.165, 1.54) is 12.8 Å². The number of rotatable bonds is 2. The van der Waals surface area contributed by atoms with Gasteiger partial charge >= 0.3 is 0 Å². The van der Waals surface area contributed by atoms with Crippen LogP contribution in [-0.2, 0) is 0 Å². The molecule has 1 aliphatic rings. The second-order valence-corrected chi connectivity index (χ2v) is 5.12. The van der Waals surface area contributed by atoms with Crippen LogP contribution in [0.2, 0.25) is 0 Å². The lowest BCUT2D eigenvalue weighted by Gasteiger charge is -2.30. The molecule has 0 bridgehead atoms. The number of anilines is 1. The normalized spacial score (nSPS) is 15.1. The molecule has 0 atom stereocenters. The van der Waals surface area contributed by atoms with Gasteiger partial charge in [-0.1, -0.05) is 48.5 Å². The molecule has 0 N–H and O–H groups in total. The highest BCUT2D eigenvalue weighted by molar-refractivity contribution is 5.36. The van der Waals surface area contributed by atoms with Crippen LogP contribution in [0.4, 0.5) is 5.82 Å². The Hall–Kier alpha value is -1.12. The smallest absolute Gasteiger partial charge is 0.147 e. The van der Waals surface area contributed by atoms with Crippen LogP contribution in [0, 0.1) is 5.92 Å². The van der Waals surface area contributed by atoms with Gasteiger partial charge in [-0.2, -0.15) is 0 Å².